The van der Waals surface area contributed by atoms with Gasteiger partial charge in [0.2, 0.25) is 0 Å². The minimum Gasteiger partial charge on any atom is -0.498 e. The van der Waals surface area contributed by atoms with E-state index in [2.05, 4.69) is 74.6 Å². The Morgan fingerprint density at radius 2 is 1.04 bits per heavy atom. The fraction of sp³-hybridized carbons (Fsp3) is 0.698. The number of carbonyl (C=O) groups is 1. The largest absolute Gasteiger partial charge is 0.498 e. The van der Waals surface area contributed by atoms with Gasteiger partial charge in [-0.25, -0.2) is 4.57 Å². The van der Waals surface area contributed by atoms with E-state index < -0.39 is 19.9 Å². The van der Waals surface area contributed by atoms with Gasteiger partial charge in [0.05, 0.1) is 19.5 Å². The molecule has 0 heterocycles. The van der Waals surface area contributed by atoms with Crippen molar-refractivity contribution in [3.8, 4) is 0 Å². The van der Waals surface area contributed by atoms with Crippen molar-refractivity contribution in [2.45, 2.75) is 168 Å². The molecule has 0 saturated heterocycles. The van der Waals surface area contributed by atoms with Crippen molar-refractivity contribution in [3.63, 3.8) is 0 Å². The average molecular weight is 750 g/mol. The Labute approximate surface area is 318 Å². The molecular weight excluding hydrogens is 673 g/mol. The van der Waals surface area contributed by atoms with E-state index in [0.29, 0.717) is 6.42 Å². The standard InChI is InChI=1S/C43H76NO7P/c1-3-5-7-9-11-13-15-17-19-21-22-24-26-28-30-32-34-36-43(45)51-42(41-50-52(46,47)49-39-37-44)40-48-38-35-33-31-29-27-25-23-20-18-16-14-12-10-8-6-4-2/h11,13-14,16-17,19,22,24,28,30,35,38,42H,3-10,12,15,18,20-21,23,25-27,29,31-34,36-37,39-41,44H2,1-2H3,(H,46,47). The van der Waals surface area contributed by atoms with Gasteiger partial charge in [0.25, 0.3) is 0 Å². The summed E-state index contributed by atoms with van der Waals surface area (Å²) in [4.78, 5) is 22.4. The summed E-state index contributed by atoms with van der Waals surface area (Å²) in [6.45, 7) is 4.11. The van der Waals surface area contributed by atoms with E-state index in [1.165, 1.54) is 96.3 Å². The quantitative estimate of drug-likeness (QED) is 0.0211. The number of phosphoric ester groups is 1. The zero-order valence-corrected chi connectivity index (χ0v) is 33.9. The number of carbonyl (C=O) groups excluding carboxylic acids is 1. The lowest BCUT2D eigenvalue weighted by molar-refractivity contribution is -0.153. The third kappa shape index (κ3) is 39.0. The van der Waals surface area contributed by atoms with E-state index in [1.807, 2.05) is 6.08 Å². The van der Waals surface area contributed by atoms with E-state index in [9.17, 15) is 14.3 Å². The van der Waals surface area contributed by atoms with E-state index in [0.717, 1.165) is 38.5 Å². The molecule has 3 N–H and O–H groups in total. The minimum atomic E-state index is -4.31. The highest BCUT2D eigenvalue weighted by molar-refractivity contribution is 7.47. The average Bonchev–Trinajstić information content (AvgIpc) is 3.13. The SMILES string of the molecule is CCCCCC=CCC=CCC=CCC=CCCCC(=O)OC(COC=CCCCCCCCCC=CCCCCCC)COP(=O)(O)OCCN. The van der Waals surface area contributed by atoms with Crippen molar-refractivity contribution in [2.75, 3.05) is 26.4 Å². The Balaban J connectivity index is 4.25. The Kier molecular flexibility index (Phi) is 38.3. The van der Waals surface area contributed by atoms with Crippen LogP contribution in [0.1, 0.15) is 162 Å². The third-order valence-corrected chi connectivity index (χ3v) is 9.14. The molecule has 0 spiro atoms. The van der Waals surface area contributed by atoms with Crippen LogP contribution in [0.25, 0.3) is 0 Å². The van der Waals surface area contributed by atoms with Crippen LogP contribution in [0.4, 0.5) is 0 Å². The van der Waals surface area contributed by atoms with Crippen LogP contribution in [0.3, 0.4) is 0 Å². The number of phosphoric acid groups is 1. The van der Waals surface area contributed by atoms with Crippen LogP contribution in [-0.4, -0.2) is 43.3 Å². The van der Waals surface area contributed by atoms with E-state index in [4.69, 9.17) is 24.3 Å². The maximum absolute atomic E-state index is 12.5. The molecular formula is C43H76NO7P. The molecule has 0 aliphatic rings. The van der Waals surface area contributed by atoms with Crippen LogP contribution in [0.5, 0.6) is 0 Å². The van der Waals surface area contributed by atoms with Gasteiger partial charge in [-0.2, -0.15) is 0 Å². The summed E-state index contributed by atoms with van der Waals surface area (Å²) >= 11 is 0. The molecule has 0 fully saturated rings. The first-order valence-corrected chi connectivity index (χ1v) is 22.0. The smallest absolute Gasteiger partial charge is 0.472 e. The molecule has 0 aliphatic heterocycles. The Morgan fingerprint density at radius 3 is 1.60 bits per heavy atom. The van der Waals surface area contributed by atoms with Crippen LogP contribution in [-0.2, 0) is 27.9 Å². The van der Waals surface area contributed by atoms with Gasteiger partial charge in [-0.3, -0.25) is 13.8 Å². The molecule has 300 valence electrons. The molecule has 2 unspecified atom stereocenters. The van der Waals surface area contributed by atoms with Crippen LogP contribution in [0.2, 0.25) is 0 Å². The monoisotopic (exact) mass is 750 g/mol. The van der Waals surface area contributed by atoms with Gasteiger partial charge in [-0.05, 0) is 89.5 Å². The Morgan fingerprint density at radius 1 is 0.596 bits per heavy atom. The van der Waals surface area contributed by atoms with Crippen molar-refractivity contribution < 1.29 is 32.8 Å². The second kappa shape index (κ2) is 40.0. The highest BCUT2D eigenvalue weighted by atomic mass is 31.2. The molecule has 8 nitrogen and oxygen atoms in total. The molecule has 0 bridgehead atoms. The topological polar surface area (TPSA) is 117 Å². The van der Waals surface area contributed by atoms with Gasteiger partial charge >= 0.3 is 13.8 Å². The molecule has 52 heavy (non-hydrogen) atoms. The lowest BCUT2D eigenvalue weighted by Crippen LogP contribution is -2.27. The molecule has 2 atom stereocenters. The fourth-order valence-electron chi connectivity index (χ4n) is 5.12. The zero-order valence-electron chi connectivity index (χ0n) is 33.0. The molecule has 0 rings (SSSR count). The second-order valence-corrected chi connectivity index (χ2v) is 14.7. The molecule has 0 aromatic rings. The molecule has 0 aromatic heterocycles. The fourth-order valence-corrected chi connectivity index (χ4v) is 5.89. The molecule has 0 amide bonds. The molecule has 0 radical (unpaired) electrons. The second-order valence-electron chi connectivity index (χ2n) is 13.2. The normalized spacial score (nSPS) is 14.2. The minimum absolute atomic E-state index is 0.00346. The van der Waals surface area contributed by atoms with Crippen molar-refractivity contribution in [3.05, 3.63) is 73.1 Å². The van der Waals surface area contributed by atoms with Crippen LogP contribution in [0, 0.1) is 0 Å². The molecule has 0 aromatic carbocycles. The number of unbranched alkanes of at least 4 members (excludes halogenated alkanes) is 15. The summed E-state index contributed by atoms with van der Waals surface area (Å²) in [5, 5.41) is 0. The van der Waals surface area contributed by atoms with Crippen molar-refractivity contribution in [1.29, 1.82) is 0 Å². The number of rotatable bonds is 38. The van der Waals surface area contributed by atoms with Crippen LogP contribution in [0.15, 0.2) is 73.1 Å². The lowest BCUT2D eigenvalue weighted by Gasteiger charge is -2.19. The Bertz CT molecular complexity index is 1020. The zero-order chi connectivity index (χ0) is 38.1. The summed E-state index contributed by atoms with van der Waals surface area (Å²) < 4.78 is 33.1. The van der Waals surface area contributed by atoms with Gasteiger partial charge in [0.1, 0.15) is 6.61 Å². The van der Waals surface area contributed by atoms with Gasteiger partial charge in [-0.1, -0.05) is 132 Å². The van der Waals surface area contributed by atoms with E-state index >= 15 is 0 Å². The molecule has 0 saturated carbocycles. The van der Waals surface area contributed by atoms with Crippen LogP contribution < -0.4 is 5.73 Å². The van der Waals surface area contributed by atoms with E-state index in [1.54, 1.807) is 6.26 Å². The lowest BCUT2D eigenvalue weighted by atomic mass is 10.1. The third-order valence-electron chi connectivity index (χ3n) is 8.16. The number of hydrogen-bond acceptors (Lipinski definition) is 7. The van der Waals surface area contributed by atoms with Gasteiger partial charge in [0, 0.05) is 13.0 Å². The summed E-state index contributed by atoms with van der Waals surface area (Å²) in [5.41, 5.74) is 5.35. The van der Waals surface area contributed by atoms with Gasteiger partial charge in [-0.15, -0.1) is 0 Å². The number of ether oxygens (including phenoxy) is 2. The number of allylic oxidation sites excluding steroid dienone is 11. The molecule has 9 heteroatoms. The maximum atomic E-state index is 12.5. The maximum Gasteiger partial charge on any atom is 0.472 e. The van der Waals surface area contributed by atoms with Gasteiger partial charge < -0.3 is 20.1 Å². The highest BCUT2D eigenvalue weighted by Crippen LogP contribution is 2.43. The van der Waals surface area contributed by atoms with Crippen molar-refractivity contribution >= 4 is 13.8 Å². The van der Waals surface area contributed by atoms with Gasteiger partial charge in [0.15, 0.2) is 6.10 Å². The predicted molar refractivity (Wildman–Crippen MR) is 219 cm³/mol. The first-order chi connectivity index (χ1) is 25.4. The predicted octanol–water partition coefficient (Wildman–Crippen LogP) is 12.3. The Hall–Kier alpha value is -2.22. The number of nitrogens with two attached hydrogens (primary N) is 1. The molecule has 0 aliphatic carbocycles. The number of esters is 1. The van der Waals surface area contributed by atoms with Crippen LogP contribution >= 0.6 is 7.82 Å². The summed E-state index contributed by atoms with van der Waals surface area (Å²) in [5.74, 6) is -0.411. The summed E-state index contributed by atoms with van der Waals surface area (Å²) in [7, 11) is -4.31. The summed E-state index contributed by atoms with van der Waals surface area (Å²) in [6, 6.07) is 0. The first-order valence-electron chi connectivity index (χ1n) is 20.5. The van der Waals surface area contributed by atoms with Crippen molar-refractivity contribution in [1.82, 2.24) is 0 Å². The first kappa shape index (κ1) is 49.8. The highest BCUT2D eigenvalue weighted by Gasteiger charge is 2.25. The number of hydrogen-bond donors (Lipinski definition) is 2. The van der Waals surface area contributed by atoms with Crippen molar-refractivity contribution in [2.24, 2.45) is 5.73 Å². The van der Waals surface area contributed by atoms with E-state index in [-0.39, 0.29) is 32.8 Å². The summed E-state index contributed by atoms with van der Waals surface area (Å²) in [6.07, 6.45) is 50.1.